The molecule has 3 heteroatoms. The van der Waals surface area contributed by atoms with Gasteiger partial charge in [0.05, 0.1) is 0 Å². The van der Waals surface area contributed by atoms with Gasteiger partial charge >= 0.3 is 0 Å². The lowest BCUT2D eigenvalue weighted by Gasteiger charge is -2.03. The van der Waals surface area contributed by atoms with E-state index in [4.69, 9.17) is 9.84 Å². The van der Waals surface area contributed by atoms with Crippen LogP contribution in [0.15, 0.2) is 48.5 Å². The van der Waals surface area contributed by atoms with Crippen molar-refractivity contribution < 1.29 is 14.6 Å². The average Bonchev–Trinajstić information content (AvgIpc) is 2.54. The summed E-state index contributed by atoms with van der Waals surface area (Å²) in [4.78, 5) is 11.2. The Bertz CT molecular complexity index is 673. The molecule has 0 atom stereocenters. The van der Waals surface area contributed by atoms with Crippen LogP contribution in [0.4, 0.5) is 0 Å². The maximum atomic E-state index is 11.2. The number of rotatable bonds is 5. The molecule has 0 radical (unpaired) electrons. The number of carbonyl (C=O) groups is 1. The first kappa shape index (κ1) is 15.8. The largest absolute Gasteiger partial charge is 0.481 e. The minimum atomic E-state index is 0.0486. The third-order valence-electron chi connectivity index (χ3n) is 3.16. The Morgan fingerprint density at radius 1 is 1.09 bits per heavy atom. The maximum absolute atomic E-state index is 11.2. The Kier molecular flexibility index (Phi) is 5.76. The van der Waals surface area contributed by atoms with Gasteiger partial charge in [-0.15, -0.1) is 0 Å². The second kappa shape index (κ2) is 8.02. The Labute approximate surface area is 130 Å². The van der Waals surface area contributed by atoms with E-state index in [-0.39, 0.29) is 12.4 Å². The summed E-state index contributed by atoms with van der Waals surface area (Å²) in [6.07, 6.45) is 0.649. The number of aliphatic hydroxyl groups excluding tert-OH is 1. The Balaban J connectivity index is 1.87. The van der Waals surface area contributed by atoms with Crippen LogP contribution in [0.5, 0.6) is 5.75 Å². The summed E-state index contributed by atoms with van der Waals surface area (Å²) in [6, 6.07) is 14.8. The molecule has 0 fully saturated rings. The predicted molar refractivity (Wildman–Crippen MR) is 86.1 cm³/mol. The summed E-state index contributed by atoms with van der Waals surface area (Å²) >= 11 is 0. The van der Waals surface area contributed by atoms with Crippen molar-refractivity contribution in [2.75, 3.05) is 13.2 Å². The van der Waals surface area contributed by atoms with Crippen LogP contribution in [0.2, 0.25) is 0 Å². The molecule has 0 aliphatic heterocycles. The summed E-state index contributed by atoms with van der Waals surface area (Å²) in [5.74, 6) is 6.74. The fourth-order valence-electron chi connectivity index (χ4n) is 1.93. The van der Waals surface area contributed by atoms with Crippen LogP contribution in [0, 0.1) is 11.8 Å². The Morgan fingerprint density at radius 2 is 1.77 bits per heavy atom. The summed E-state index contributed by atoms with van der Waals surface area (Å²) in [5.41, 5.74) is 2.61. The van der Waals surface area contributed by atoms with Crippen LogP contribution < -0.4 is 4.74 Å². The summed E-state index contributed by atoms with van der Waals surface area (Å²) in [6.45, 7) is 1.99. The van der Waals surface area contributed by atoms with E-state index in [0.717, 1.165) is 16.9 Å². The fourth-order valence-corrected chi connectivity index (χ4v) is 1.93. The van der Waals surface area contributed by atoms with Gasteiger partial charge in [0.15, 0.2) is 5.78 Å². The number of hydrogen-bond donors (Lipinski definition) is 1. The van der Waals surface area contributed by atoms with Crippen molar-refractivity contribution in [2.45, 2.75) is 13.3 Å². The van der Waals surface area contributed by atoms with Crippen molar-refractivity contribution in [3.8, 4) is 17.6 Å². The van der Waals surface area contributed by atoms with Gasteiger partial charge in [0.2, 0.25) is 0 Å². The van der Waals surface area contributed by atoms with E-state index in [0.29, 0.717) is 18.6 Å². The van der Waals surface area contributed by atoms with Gasteiger partial charge in [-0.1, -0.05) is 36.1 Å². The van der Waals surface area contributed by atoms with E-state index in [1.54, 1.807) is 19.1 Å². The van der Waals surface area contributed by atoms with E-state index >= 15 is 0 Å². The lowest BCUT2D eigenvalue weighted by Crippen LogP contribution is -1.95. The Hall–Kier alpha value is -2.57. The molecule has 0 aliphatic carbocycles. The van der Waals surface area contributed by atoms with Crippen LogP contribution in [0.25, 0.3) is 0 Å². The molecule has 22 heavy (non-hydrogen) atoms. The summed E-state index contributed by atoms with van der Waals surface area (Å²) in [7, 11) is 0. The molecule has 0 aromatic heterocycles. The van der Waals surface area contributed by atoms with Crippen LogP contribution in [0.1, 0.15) is 28.4 Å². The van der Waals surface area contributed by atoms with Gasteiger partial charge in [0.25, 0.3) is 0 Å². The van der Waals surface area contributed by atoms with E-state index < -0.39 is 0 Å². The minimum Gasteiger partial charge on any atom is -0.481 e. The molecular weight excluding hydrogens is 276 g/mol. The zero-order valence-corrected chi connectivity index (χ0v) is 12.5. The number of Topliss-reactive ketones (excluding diaryl/α,β-unsaturated/α-hetero) is 1. The zero-order valence-electron chi connectivity index (χ0n) is 12.5. The topological polar surface area (TPSA) is 46.5 Å². The molecule has 0 saturated heterocycles. The van der Waals surface area contributed by atoms with Crippen LogP contribution >= 0.6 is 0 Å². The van der Waals surface area contributed by atoms with E-state index in [9.17, 15) is 4.79 Å². The second-order valence-electron chi connectivity index (χ2n) is 4.84. The summed E-state index contributed by atoms with van der Waals surface area (Å²) < 4.78 is 5.53. The third-order valence-corrected chi connectivity index (χ3v) is 3.16. The highest BCUT2D eigenvalue weighted by molar-refractivity contribution is 5.94. The van der Waals surface area contributed by atoms with Crippen molar-refractivity contribution in [1.82, 2.24) is 0 Å². The SMILES string of the molecule is CC(=O)c1ccc(C#CCOc2ccc(CCO)cc2)cc1. The molecule has 2 aromatic carbocycles. The highest BCUT2D eigenvalue weighted by Gasteiger charge is 1.97. The first-order valence-electron chi connectivity index (χ1n) is 7.11. The van der Waals surface area contributed by atoms with Gasteiger partial charge in [0, 0.05) is 17.7 Å². The highest BCUT2D eigenvalue weighted by atomic mass is 16.5. The molecule has 0 saturated carbocycles. The standard InChI is InChI=1S/C19H18O3/c1-15(21)18-8-4-16(5-9-18)3-2-14-22-19-10-6-17(7-11-19)12-13-20/h4-11,20H,12-14H2,1H3. The third kappa shape index (κ3) is 4.76. The predicted octanol–water partition coefficient (Wildman–Crippen LogP) is 2.85. The van der Waals surface area contributed by atoms with Crippen molar-refractivity contribution in [2.24, 2.45) is 0 Å². The molecule has 2 rings (SSSR count). The molecule has 0 bridgehead atoms. The van der Waals surface area contributed by atoms with Gasteiger partial charge in [0.1, 0.15) is 12.4 Å². The first-order valence-corrected chi connectivity index (χ1v) is 7.11. The van der Waals surface area contributed by atoms with Crippen molar-refractivity contribution >= 4 is 5.78 Å². The monoisotopic (exact) mass is 294 g/mol. The molecule has 1 N–H and O–H groups in total. The quantitative estimate of drug-likeness (QED) is 0.681. The van der Waals surface area contributed by atoms with Crippen molar-refractivity contribution in [3.05, 3.63) is 65.2 Å². The minimum absolute atomic E-state index is 0.0486. The van der Waals surface area contributed by atoms with Gasteiger partial charge in [-0.25, -0.2) is 0 Å². The van der Waals surface area contributed by atoms with Crippen LogP contribution in [-0.4, -0.2) is 24.1 Å². The average molecular weight is 294 g/mol. The van der Waals surface area contributed by atoms with Crippen molar-refractivity contribution in [1.29, 1.82) is 0 Å². The second-order valence-corrected chi connectivity index (χ2v) is 4.84. The van der Waals surface area contributed by atoms with E-state index in [1.807, 2.05) is 36.4 Å². The molecule has 112 valence electrons. The van der Waals surface area contributed by atoms with E-state index in [2.05, 4.69) is 11.8 Å². The number of carbonyl (C=O) groups excluding carboxylic acids is 1. The number of aliphatic hydroxyl groups is 1. The van der Waals surface area contributed by atoms with Gasteiger partial charge < -0.3 is 9.84 Å². The number of hydrogen-bond acceptors (Lipinski definition) is 3. The molecule has 0 amide bonds. The highest BCUT2D eigenvalue weighted by Crippen LogP contribution is 2.12. The molecule has 3 nitrogen and oxygen atoms in total. The van der Waals surface area contributed by atoms with Gasteiger partial charge in [-0.2, -0.15) is 0 Å². The van der Waals surface area contributed by atoms with Gasteiger partial charge in [-0.3, -0.25) is 4.79 Å². The lowest BCUT2D eigenvalue weighted by molar-refractivity contribution is 0.101. The lowest BCUT2D eigenvalue weighted by atomic mass is 10.1. The number of benzene rings is 2. The number of ketones is 1. The smallest absolute Gasteiger partial charge is 0.159 e. The number of ether oxygens (including phenoxy) is 1. The van der Waals surface area contributed by atoms with Gasteiger partial charge in [-0.05, 0) is 43.2 Å². The van der Waals surface area contributed by atoms with E-state index in [1.165, 1.54) is 0 Å². The molecule has 0 unspecified atom stereocenters. The normalized spacial score (nSPS) is 9.73. The maximum Gasteiger partial charge on any atom is 0.159 e. The molecular formula is C19H18O3. The zero-order chi connectivity index (χ0) is 15.8. The van der Waals surface area contributed by atoms with Crippen LogP contribution in [0.3, 0.4) is 0 Å². The Morgan fingerprint density at radius 3 is 2.36 bits per heavy atom. The van der Waals surface area contributed by atoms with Crippen LogP contribution in [-0.2, 0) is 6.42 Å². The molecule has 0 spiro atoms. The summed E-state index contributed by atoms with van der Waals surface area (Å²) in [5, 5.41) is 8.85. The molecule has 0 heterocycles. The van der Waals surface area contributed by atoms with Crippen molar-refractivity contribution in [3.63, 3.8) is 0 Å². The molecule has 2 aromatic rings. The fraction of sp³-hybridized carbons (Fsp3) is 0.211. The molecule has 0 aliphatic rings. The first-order chi connectivity index (χ1) is 10.7.